The van der Waals surface area contributed by atoms with E-state index in [1.807, 2.05) is 6.07 Å². The van der Waals surface area contributed by atoms with Gasteiger partial charge in [0.2, 0.25) is 0 Å². The van der Waals surface area contributed by atoms with Crippen LogP contribution < -0.4 is 10.5 Å². The Bertz CT molecular complexity index is 500. The smallest absolute Gasteiger partial charge is 0.124 e. The Morgan fingerprint density at radius 3 is 2.84 bits per heavy atom. The molecule has 3 rings (SSSR count). The lowest BCUT2D eigenvalue weighted by molar-refractivity contribution is -0.0385. The van der Waals surface area contributed by atoms with Gasteiger partial charge in [0.15, 0.2) is 0 Å². The minimum atomic E-state index is -0.0397. The van der Waals surface area contributed by atoms with Crippen molar-refractivity contribution in [3.8, 4) is 5.75 Å². The van der Waals surface area contributed by atoms with Crippen LogP contribution in [-0.2, 0) is 0 Å². The van der Waals surface area contributed by atoms with Gasteiger partial charge < -0.3 is 10.5 Å². The van der Waals surface area contributed by atoms with E-state index in [-0.39, 0.29) is 11.6 Å². The normalized spacial score (nSPS) is 32.7. The van der Waals surface area contributed by atoms with E-state index in [0.29, 0.717) is 5.41 Å². The van der Waals surface area contributed by atoms with Crippen molar-refractivity contribution >= 4 is 15.9 Å². The Morgan fingerprint density at radius 1 is 1.32 bits per heavy atom. The molecule has 0 saturated heterocycles. The van der Waals surface area contributed by atoms with Crippen molar-refractivity contribution in [2.75, 3.05) is 0 Å². The molecular formula is C16H22BrNO. The van der Waals surface area contributed by atoms with E-state index >= 15 is 0 Å². The standard InChI is InChI=1S/C16H22BrNO/c1-15(2)6-3-7-16(10-15)9-13(18)12-8-11(17)4-5-14(12)19-16/h4-5,8,13H,3,6-7,9-10,18H2,1-2H3/t13-,16?/m1/s1. The van der Waals surface area contributed by atoms with Gasteiger partial charge in [0.25, 0.3) is 0 Å². The molecule has 0 radical (unpaired) electrons. The van der Waals surface area contributed by atoms with Gasteiger partial charge in [0.1, 0.15) is 11.4 Å². The Hall–Kier alpha value is -0.540. The van der Waals surface area contributed by atoms with Crippen LogP contribution in [0.4, 0.5) is 0 Å². The summed E-state index contributed by atoms with van der Waals surface area (Å²) < 4.78 is 7.49. The van der Waals surface area contributed by atoms with Crippen LogP contribution in [0.2, 0.25) is 0 Å². The number of rotatable bonds is 0. The molecule has 0 amide bonds. The van der Waals surface area contributed by atoms with E-state index in [2.05, 4.69) is 41.9 Å². The third kappa shape index (κ3) is 2.55. The van der Waals surface area contributed by atoms with Crippen molar-refractivity contribution in [3.05, 3.63) is 28.2 Å². The molecule has 104 valence electrons. The van der Waals surface area contributed by atoms with Gasteiger partial charge in [0, 0.05) is 22.5 Å². The quantitative estimate of drug-likeness (QED) is 0.759. The first-order chi connectivity index (χ1) is 8.89. The molecule has 19 heavy (non-hydrogen) atoms. The number of hydrogen-bond acceptors (Lipinski definition) is 2. The molecule has 1 aliphatic heterocycles. The van der Waals surface area contributed by atoms with Crippen LogP contribution in [0.1, 0.15) is 57.6 Å². The monoisotopic (exact) mass is 323 g/mol. The Morgan fingerprint density at radius 2 is 2.11 bits per heavy atom. The summed E-state index contributed by atoms with van der Waals surface area (Å²) in [6.07, 6.45) is 5.73. The van der Waals surface area contributed by atoms with Crippen LogP contribution in [0.5, 0.6) is 5.75 Å². The van der Waals surface area contributed by atoms with Gasteiger partial charge in [-0.15, -0.1) is 0 Å². The van der Waals surface area contributed by atoms with Gasteiger partial charge in [-0.2, -0.15) is 0 Å². The summed E-state index contributed by atoms with van der Waals surface area (Å²) in [5.74, 6) is 0.986. The molecule has 1 aromatic carbocycles. The van der Waals surface area contributed by atoms with Crippen LogP contribution >= 0.6 is 15.9 Å². The predicted molar refractivity (Wildman–Crippen MR) is 81.3 cm³/mol. The maximum absolute atomic E-state index is 6.42. The maximum atomic E-state index is 6.42. The zero-order chi connectivity index (χ0) is 13.7. The van der Waals surface area contributed by atoms with Crippen LogP contribution in [0, 0.1) is 5.41 Å². The molecule has 1 aliphatic carbocycles. The van der Waals surface area contributed by atoms with Gasteiger partial charge in [0.05, 0.1) is 0 Å². The number of benzene rings is 1. The number of ether oxygens (including phenoxy) is 1. The van der Waals surface area contributed by atoms with Crippen LogP contribution in [-0.4, -0.2) is 5.60 Å². The van der Waals surface area contributed by atoms with Gasteiger partial charge in [-0.25, -0.2) is 0 Å². The summed E-state index contributed by atoms with van der Waals surface area (Å²) in [5, 5.41) is 0. The molecule has 2 nitrogen and oxygen atoms in total. The predicted octanol–water partition coefficient (Wildman–Crippen LogP) is 4.57. The Kier molecular flexibility index (Phi) is 3.18. The van der Waals surface area contributed by atoms with Crippen molar-refractivity contribution in [2.24, 2.45) is 11.1 Å². The zero-order valence-electron chi connectivity index (χ0n) is 11.7. The Labute approximate surface area is 123 Å². The summed E-state index contributed by atoms with van der Waals surface area (Å²) in [6.45, 7) is 4.69. The summed E-state index contributed by atoms with van der Waals surface area (Å²) >= 11 is 3.51. The third-order valence-corrected chi connectivity index (χ3v) is 5.07. The molecule has 1 heterocycles. The summed E-state index contributed by atoms with van der Waals surface area (Å²) in [5.41, 5.74) is 7.88. The largest absolute Gasteiger partial charge is 0.487 e. The number of nitrogens with two attached hydrogens (primary N) is 1. The van der Waals surface area contributed by atoms with Crippen LogP contribution in [0.15, 0.2) is 22.7 Å². The second-order valence-electron chi connectivity index (χ2n) is 6.97. The lowest BCUT2D eigenvalue weighted by Crippen LogP contribution is -2.48. The zero-order valence-corrected chi connectivity index (χ0v) is 13.3. The minimum absolute atomic E-state index is 0.0397. The molecule has 2 atom stereocenters. The molecule has 0 aromatic heterocycles. The van der Waals surface area contributed by atoms with Crippen LogP contribution in [0.25, 0.3) is 0 Å². The molecule has 1 fully saturated rings. The van der Waals surface area contributed by atoms with Crippen molar-refractivity contribution in [2.45, 2.75) is 57.6 Å². The topological polar surface area (TPSA) is 35.2 Å². The van der Waals surface area contributed by atoms with E-state index in [1.54, 1.807) is 0 Å². The molecule has 1 aromatic rings. The highest BCUT2D eigenvalue weighted by Crippen LogP contribution is 2.50. The van der Waals surface area contributed by atoms with Crippen LogP contribution in [0.3, 0.4) is 0 Å². The van der Waals surface area contributed by atoms with E-state index < -0.39 is 0 Å². The van der Waals surface area contributed by atoms with Gasteiger partial charge in [-0.05, 0) is 49.3 Å². The van der Waals surface area contributed by atoms with Gasteiger partial charge in [-0.3, -0.25) is 0 Å². The summed E-state index contributed by atoms with van der Waals surface area (Å²) in [7, 11) is 0. The highest BCUT2D eigenvalue weighted by molar-refractivity contribution is 9.10. The number of hydrogen-bond donors (Lipinski definition) is 1. The average Bonchev–Trinajstić information content (AvgIpc) is 2.29. The van der Waals surface area contributed by atoms with E-state index in [9.17, 15) is 0 Å². The lowest BCUT2D eigenvalue weighted by atomic mass is 9.66. The van der Waals surface area contributed by atoms with Crippen molar-refractivity contribution < 1.29 is 4.74 Å². The first-order valence-electron chi connectivity index (χ1n) is 7.13. The summed E-state index contributed by atoms with van der Waals surface area (Å²) in [4.78, 5) is 0. The van der Waals surface area contributed by atoms with Crippen molar-refractivity contribution in [1.29, 1.82) is 0 Å². The fraction of sp³-hybridized carbons (Fsp3) is 0.625. The first-order valence-corrected chi connectivity index (χ1v) is 7.93. The van der Waals surface area contributed by atoms with Gasteiger partial charge in [-0.1, -0.05) is 29.8 Å². The number of halogens is 1. The molecule has 3 heteroatoms. The second kappa shape index (κ2) is 4.49. The lowest BCUT2D eigenvalue weighted by Gasteiger charge is -2.48. The highest BCUT2D eigenvalue weighted by Gasteiger charge is 2.45. The summed E-state index contributed by atoms with van der Waals surface area (Å²) in [6, 6.07) is 6.29. The SMILES string of the molecule is CC1(C)CCCC2(C[C@@H](N)c3cc(Br)ccc3O2)C1. The fourth-order valence-corrected chi connectivity index (χ4v) is 4.27. The van der Waals surface area contributed by atoms with Crippen molar-refractivity contribution in [1.82, 2.24) is 0 Å². The molecule has 0 bridgehead atoms. The third-order valence-electron chi connectivity index (χ3n) is 4.58. The first kappa shape index (κ1) is 13.4. The van der Waals surface area contributed by atoms with E-state index in [0.717, 1.165) is 35.0 Å². The molecule has 1 saturated carbocycles. The molecule has 2 N–H and O–H groups in total. The average molecular weight is 324 g/mol. The second-order valence-corrected chi connectivity index (χ2v) is 7.89. The highest BCUT2D eigenvalue weighted by atomic mass is 79.9. The molecule has 2 aliphatic rings. The maximum Gasteiger partial charge on any atom is 0.124 e. The minimum Gasteiger partial charge on any atom is -0.487 e. The fourth-order valence-electron chi connectivity index (χ4n) is 3.89. The Balaban J connectivity index is 1.94. The molecule has 1 spiro atoms. The number of fused-ring (bicyclic) bond motifs is 1. The van der Waals surface area contributed by atoms with Gasteiger partial charge >= 0.3 is 0 Å². The molecule has 1 unspecified atom stereocenters. The molecular weight excluding hydrogens is 302 g/mol. The van der Waals surface area contributed by atoms with E-state index in [4.69, 9.17) is 10.5 Å². The van der Waals surface area contributed by atoms with Crippen molar-refractivity contribution in [3.63, 3.8) is 0 Å². The van der Waals surface area contributed by atoms with E-state index in [1.165, 1.54) is 12.8 Å².